The topological polar surface area (TPSA) is 54.9 Å². The summed E-state index contributed by atoms with van der Waals surface area (Å²) in [5.41, 5.74) is -1.57. The van der Waals surface area contributed by atoms with E-state index in [1.54, 1.807) is 6.92 Å². The molecule has 112 valence electrons. The summed E-state index contributed by atoms with van der Waals surface area (Å²) in [6.45, 7) is 1.76. The highest BCUT2D eigenvalue weighted by Gasteiger charge is 2.30. The van der Waals surface area contributed by atoms with Crippen molar-refractivity contribution in [2.75, 3.05) is 5.32 Å². The Morgan fingerprint density at radius 3 is 2.00 bits per heavy atom. The molecule has 0 saturated carbocycles. The van der Waals surface area contributed by atoms with Crippen LogP contribution in [0.25, 0.3) is 0 Å². The van der Waals surface area contributed by atoms with Crippen molar-refractivity contribution in [1.82, 2.24) is 10.2 Å². The molecule has 0 aliphatic carbocycles. The second kappa shape index (κ2) is 5.72. The fourth-order valence-corrected chi connectivity index (χ4v) is 2.09. The van der Waals surface area contributed by atoms with Crippen LogP contribution < -0.4 is 5.32 Å². The van der Waals surface area contributed by atoms with Gasteiger partial charge in [0.2, 0.25) is 10.9 Å². The van der Waals surface area contributed by atoms with E-state index in [4.69, 9.17) is 0 Å². The zero-order chi connectivity index (χ0) is 15.7. The van der Waals surface area contributed by atoms with Crippen LogP contribution in [0.3, 0.4) is 0 Å². The number of anilines is 1. The fraction of sp³-hybridized carbons (Fsp3) is 0.182. The summed E-state index contributed by atoms with van der Waals surface area (Å²) in [6.07, 6.45) is 0.510. The minimum atomic E-state index is -2.33. The van der Waals surface area contributed by atoms with Crippen molar-refractivity contribution >= 4 is 22.4 Å². The smallest absolute Gasteiger partial charge is 0.263 e. The Hall–Kier alpha value is -2.10. The van der Waals surface area contributed by atoms with Crippen molar-refractivity contribution in [2.24, 2.45) is 0 Å². The third kappa shape index (κ3) is 2.71. The number of carbonyl (C=O) groups is 1. The SMILES string of the molecule is CCc1nnc(NC(=O)c2c(F)c(F)c(F)c(F)c2F)s1. The summed E-state index contributed by atoms with van der Waals surface area (Å²) in [7, 11) is 0. The number of halogens is 5. The maximum absolute atomic E-state index is 13.4. The first-order valence-electron chi connectivity index (χ1n) is 5.52. The molecule has 4 nitrogen and oxygen atoms in total. The standard InChI is InChI=1S/C11H6F5N3OS/c1-2-3-18-19-11(21-3)17-10(20)4-5(12)7(14)9(16)8(15)6(4)13/h2H2,1H3,(H,17,19,20). The highest BCUT2D eigenvalue weighted by atomic mass is 32.1. The van der Waals surface area contributed by atoms with Crippen LogP contribution in [0.1, 0.15) is 22.3 Å². The molecule has 1 aromatic heterocycles. The van der Waals surface area contributed by atoms with Gasteiger partial charge in [0.1, 0.15) is 10.6 Å². The highest BCUT2D eigenvalue weighted by Crippen LogP contribution is 2.24. The van der Waals surface area contributed by atoms with Crippen molar-refractivity contribution < 1.29 is 26.7 Å². The fourth-order valence-electron chi connectivity index (χ4n) is 1.41. The predicted octanol–water partition coefficient (Wildman–Crippen LogP) is 3.05. The Morgan fingerprint density at radius 1 is 1.00 bits per heavy atom. The van der Waals surface area contributed by atoms with Gasteiger partial charge in [0.05, 0.1) is 0 Å². The third-order valence-corrected chi connectivity index (χ3v) is 3.41. The van der Waals surface area contributed by atoms with E-state index >= 15 is 0 Å². The number of hydrogen-bond donors (Lipinski definition) is 1. The average Bonchev–Trinajstić information content (AvgIpc) is 2.90. The second-order valence-corrected chi connectivity index (χ2v) is 4.82. The molecule has 0 saturated heterocycles. The van der Waals surface area contributed by atoms with Crippen molar-refractivity contribution in [2.45, 2.75) is 13.3 Å². The molecule has 0 atom stereocenters. The molecular formula is C11H6F5N3OS. The van der Waals surface area contributed by atoms with E-state index in [-0.39, 0.29) is 5.13 Å². The molecule has 1 N–H and O–H groups in total. The Labute approximate surface area is 118 Å². The third-order valence-electron chi connectivity index (χ3n) is 2.43. The Bertz CT molecular complexity index is 689. The molecule has 0 radical (unpaired) electrons. The van der Waals surface area contributed by atoms with E-state index in [1.165, 1.54) is 0 Å². The second-order valence-electron chi connectivity index (χ2n) is 3.75. The number of hydrogen-bond acceptors (Lipinski definition) is 4. The van der Waals surface area contributed by atoms with Crippen LogP contribution in [0, 0.1) is 29.1 Å². The van der Waals surface area contributed by atoms with E-state index in [9.17, 15) is 26.7 Å². The molecule has 0 bridgehead atoms. The minimum absolute atomic E-state index is 0.110. The van der Waals surface area contributed by atoms with E-state index in [0.717, 1.165) is 11.3 Å². The van der Waals surface area contributed by atoms with Crippen LogP contribution in [0.5, 0.6) is 0 Å². The van der Waals surface area contributed by atoms with Gasteiger partial charge in [0.15, 0.2) is 23.3 Å². The van der Waals surface area contributed by atoms with E-state index in [1.807, 2.05) is 5.32 Å². The summed E-state index contributed by atoms with van der Waals surface area (Å²) < 4.78 is 65.7. The van der Waals surface area contributed by atoms with E-state index in [2.05, 4.69) is 10.2 Å². The molecule has 0 spiro atoms. The summed E-state index contributed by atoms with van der Waals surface area (Å²) >= 11 is 0.918. The van der Waals surface area contributed by atoms with Crippen LogP contribution in [0.4, 0.5) is 27.1 Å². The first-order chi connectivity index (χ1) is 9.86. The normalized spacial score (nSPS) is 10.8. The zero-order valence-corrected chi connectivity index (χ0v) is 11.1. The molecule has 0 unspecified atom stereocenters. The summed E-state index contributed by atoms with van der Waals surface area (Å²) in [5, 5.41) is 9.50. The number of benzene rings is 1. The first kappa shape index (κ1) is 15.3. The van der Waals surface area contributed by atoms with Crippen LogP contribution >= 0.6 is 11.3 Å². The van der Waals surface area contributed by atoms with Gasteiger partial charge in [-0.1, -0.05) is 18.3 Å². The minimum Gasteiger partial charge on any atom is -0.296 e. The van der Waals surface area contributed by atoms with Crippen molar-refractivity contribution in [3.8, 4) is 0 Å². The monoisotopic (exact) mass is 323 g/mol. The summed E-state index contributed by atoms with van der Waals surface area (Å²) in [6, 6.07) is 0. The molecule has 1 amide bonds. The summed E-state index contributed by atoms with van der Waals surface area (Å²) in [4.78, 5) is 11.7. The van der Waals surface area contributed by atoms with E-state index < -0.39 is 40.6 Å². The van der Waals surface area contributed by atoms with Gasteiger partial charge in [0.25, 0.3) is 5.91 Å². The Morgan fingerprint density at radius 2 is 1.52 bits per heavy atom. The quantitative estimate of drug-likeness (QED) is 0.537. The molecule has 1 aromatic carbocycles. The number of aromatic nitrogens is 2. The van der Waals surface area contributed by atoms with Crippen molar-refractivity contribution in [1.29, 1.82) is 0 Å². The zero-order valence-electron chi connectivity index (χ0n) is 10.3. The van der Waals surface area contributed by atoms with Crippen molar-refractivity contribution in [3.63, 3.8) is 0 Å². The Balaban J connectivity index is 2.39. The first-order valence-corrected chi connectivity index (χ1v) is 6.33. The lowest BCUT2D eigenvalue weighted by molar-refractivity contribution is 0.101. The van der Waals surface area contributed by atoms with Gasteiger partial charge in [-0.05, 0) is 6.42 Å². The molecule has 1 heterocycles. The molecule has 2 aromatic rings. The average molecular weight is 323 g/mol. The van der Waals surface area contributed by atoms with Gasteiger partial charge in [-0.15, -0.1) is 10.2 Å². The largest absolute Gasteiger partial charge is 0.296 e. The lowest BCUT2D eigenvalue weighted by Gasteiger charge is -2.07. The maximum Gasteiger partial charge on any atom is 0.263 e. The number of nitrogens with one attached hydrogen (secondary N) is 1. The van der Waals surface area contributed by atoms with Crippen LogP contribution in [0.15, 0.2) is 0 Å². The van der Waals surface area contributed by atoms with Gasteiger partial charge in [0, 0.05) is 0 Å². The highest BCUT2D eigenvalue weighted by molar-refractivity contribution is 7.15. The summed E-state index contributed by atoms with van der Waals surface area (Å²) in [5.74, 6) is -12.6. The molecule has 0 aliphatic heterocycles. The van der Waals surface area contributed by atoms with Gasteiger partial charge in [-0.2, -0.15) is 0 Å². The molecule has 2 rings (SSSR count). The molecule has 21 heavy (non-hydrogen) atoms. The van der Waals surface area contributed by atoms with Gasteiger partial charge < -0.3 is 0 Å². The number of carbonyl (C=O) groups excluding carboxylic acids is 1. The van der Waals surface area contributed by atoms with Crippen LogP contribution in [-0.2, 0) is 6.42 Å². The molecule has 0 fully saturated rings. The molecule has 10 heteroatoms. The van der Waals surface area contributed by atoms with Crippen molar-refractivity contribution in [3.05, 3.63) is 39.7 Å². The van der Waals surface area contributed by atoms with E-state index in [0.29, 0.717) is 11.4 Å². The maximum atomic E-state index is 13.4. The lowest BCUT2D eigenvalue weighted by atomic mass is 10.1. The number of aryl methyl sites for hydroxylation is 1. The Kier molecular flexibility index (Phi) is 4.16. The molecule has 0 aliphatic rings. The number of rotatable bonds is 3. The van der Waals surface area contributed by atoms with Crippen LogP contribution in [0.2, 0.25) is 0 Å². The number of nitrogens with zero attached hydrogens (tertiary/aromatic N) is 2. The van der Waals surface area contributed by atoms with Gasteiger partial charge in [-0.3, -0.25) is 10.1 Å². The van der Waals surface area contributed by atoms with Gasteiger partial charge >= 0.3 is 0 Å². The predicted molar refractivity (Wildman–Crippen MR) is 63.5 cm³/mol. The molecular weight excluding hydrogens is 317 g/mol. The number of amides is 1. The van der Waals surface area contributed by atoms with Gasteiger partial charge in [-0.25, -0.2) is 22.0 Å². The van der Waals surface area contributed by atoms with Crippen LogP contribution in [-0.4, -0.2) is 16.1 Å². The lowest BCUT2D eigenvalue weighted by Crippen LogP contribution is -2.19.